The van der Waals surface area contributed by atoms with Gasteiger partial charge in [-0.15, -0.1) is 0 Å². The second-order valence-corrected chi connectivity index (χ2v) is 5.68. The molecular formula is C17H25N3O3. The van der Waals surface area contributed by atoms with Crippen LogP contribution in [0.4, 0.5) is 5.69 Å². The van der Waals surface area contributed by atoms with Crippen LogP contribution in [0.25, 0.3) is 11.1 Å². The van der Waals surface area contributed by atoms with Gasteiger partial charge in [0, 0.05) is 25.8 Å². The number of carbonyl (C=O) groups excluding carboxylic acids is 1. The van der Waals surface area contributed by atoms with Crippen LogP contribution in [-0.2, 0) is 16.0 Å². The molecule has 1 heterocycles. The van der Waals surface area contributed by atoms with Gasteiger partial charge in [0.25, 0.3) is 0 Å². The highest BCUT2D eigenvalue weighted by molar-refractivity contribution is 5.96. The molecule has 1 aromatic heterocycles. The number of methoxy groups -OCH3 is 1. The molecule has 0 aliphatic rings. The van der Waals surface area contributed by atoms with Crippen LogP contribution in [0.2, 0.25) is 0 Å². The highest BCUT2D eigenvalue weighted by Crippen LogP contribution is 2.28. The predicted octanol–water partition coefficient (Wildman–Crippen LogP) is 2.72. The highest BCUT2D eigenvalue weighted by atomic mass is 16.5. The first-order valence-electron chi connectivity index (χ1n) is 7.98. The van der Waals surface area contributed by atoms with Crippen molar-refractivity contribution in [1.82, 2.24) is 4.98 Å². The number of rotatable bonds is 8. The Balaban J connectivity index is 2.18. The van der Waals surface area contributed by atoms with Gasteiger partial charge in [-0.25, -0.2) is 4.98 Å². The van der Waals surface area contributed by atoms with Gasteiger partial charge >= 0.3 is 0 Å². The summed E-state index contributed by atoms with van der Waals surface area (Å²) in [6.45, 7) is 4.86. The van der Waals surface area contributed by atoms with Crippen molar-refractivity contribution in [3.63, 3.8) is 0 Å². The van der Waals surface area contributed by atoms with Crippen LogP contribution in [-0.4, -0.2) is 31.2 Å². The summed E-state index contributed by atoms with van der Waals surface area (Å²) >= 11 is 0. The minimum Gasteiger partial charge on any atom is -0.441 e. The molecule has 0 radical (unpaired) electrons. The number of oxazole rings is 1. The molecule has 0 aliphatic carbocycles. The van der Waals surface area contributed by atoms with Crippen LogP contribution in [0.3, 0.4) is 0 Å². The summed E-state index contributed by atoms with van der Waals surface area (Å²) in [5, 5.41) is 2.95. The quantitative estimate of drug-likeness (QED) is 0.780. The Hall–Kier alpha value is -1.92. The molecule has 0 atom stereocenters. The van der Waals surface area contributed by atoms with Crippen molar-refractivity contribution in [3.8, 4) is 0 Å². The molecule has 23 heavy (non-hydrogen) atoms. The molecule has 1 aromatic carbocycles. The Morgan fingerprint density at radius 1 is 1.39 bits per heavy atom. The number of hydrogen-bond donors (Lipinski definition) is 2. The lowest BCUT2D eigenvalue weighted by Gasteiger charge is -2.28. The molecule has 0 unspecified atom stereocenters. The number of nitrogens with zero attached hydrogens (tertiary/aromatic N) is 1. The number of nitrogens with one attached hydrogen (secondary N) is 1. The number of amides is 1. The Morgan fingerprint density at radius 2 is 2.13 bits per heavy atom. The lowest BCUT2D eigenvalue weighted by atomic mass is 9.81. The normalized spacial score (nSPS) is 11.8. The zero-order chi connectivity index (χ0) is 16.9. The second-order valence-electron chi connectivity index (χ2n) is 5.68. The van der Waals surface area contributed by atoms with E-state index in [0.29, 0.717) is 49.6 Å². The van der Waals surface area contributed by atoms with E-state index < -0.39 is 5.41 Å². The predicted molar refractivity (Wildman–Crippen MR) is 90.3 cm³/mol. The monoisotopic (exact) mass is 319 g/mol. The van der Waals surface area contributed by atoms with Gasteiger partial charge in [-0.2, -0.15) is 0 Å². The molecule has 0 bridgehead atoms. The summed E-state index contributed by atoms with van der Waals surface area (Å²) in [7, 11) is 1.64. The number of carbonyl (C=O) groups is 1. The van der Waals surface area contributed by atoms with Crippen molar-refractivity contribution < 1.29 is 13.9 Å². The Labute approximate surface area is 136 Å². The van der Waals surface area contributed by atoms with Gasteiger partial charge in [-0.3, -0.25) is 4.79 Å². The third kappa shape index (κ3) is 3.71. The van der Waals surface area contributed by atoms with Crippen molar-refractivity contribution in [2.45, 2.75) is 33.1 Å². The van der Waals surface area contributed by atoms with Crippen molar-refractivity contribution in [2.24, 2.45) is 11.1 Å². The van der Waals surface area contributed by atoms with E-state index in [2.05, 4.69) is 10.3 Å². The third-order valence-corrected chi connectivity index (χ3v) is 4.44. The summed E-state index contributed by atoms with van der Waals surface area (Å²) in [4.78, 5) is 17.0. The maximum absolute atomic E-state index is 12.6. The van der Waals surface area contributed by atoms with E-state index >= 15 is 0 Å². The molecule has 126 valence electrons. The van der Waals surface area contributed by atoms with Crippen LogP contribution >= 0.6 is 0 Å². The second kappa shape index (κ2) is 7.57. The number of anilines is 1. The summed E-state index contributed by atoms with van der Waals surface area (Å²) in [6, 6.07) is 5.45. The number of aromatic nitrogens is 1. The SMILES string of the molecule is CCC(CC)(CN)C(=O)Nc1ccc2oc(CCOC)nc2c1. The maximum Gasteiger partial charge on any atom is 0.231 e. The molecule has 6 nitrogen and oxygen atoms in total. The number of hydrogen-bond acceptors (Lipinski definition) is 5. The Morgan fingerprint density at radius 3 is 2.74 bits per heavy atom. The van der Waals surface area contributed by atoms with Crippen molar-refractivity contribution in [3.05, 3.63) is 24.1 Å². The molecule has 6 heteroatoms. The van der Waals surface area contributed by atoms with Gasteiger partial charge in [-0.1, -0.05) is 13.8 Å². The van der Waals surface area contributed by atoms with E-state index in [-0.39, 0.29) is 5.91 Å². The smallest absolute Gasteiger partial charge is 0.231 e. The van der Waals surface area contributed by atoms with E-state index in [0.717, 1.165) is 5.52 Å². The van der Waals surface area contributed by atoms with E-state index in [9.17, 15) is 4.79 Å². The summed E-state index contributed by atoms with van der Waals surface area (Å²) in [5.41, 5.74) is 7.42. The van der Waals surface area contributed by atoms with Crippen LogP contribution in [0.15, 0.2) is 22.6 Å². The highest BCUT2D eigenvalue weighted by Gasteiger charge is 2.33. The maximum atomic E-state index is 12.6. The fourth-order valence-corrected chi connectivity index (χ4v) is 2.57. The molecule has 0 spiro atoms. The van der Waals surface area contributed by atoms with Gasteiger partial charge in [0.15, 0.2) is 11.5 Å². The molecule has 0 fully saturated rings. The first-order valence-corrected chi connectivity index (χ1v) is 7.98. The number of ether oxygens (including phenoxy) is 1. The minimum absolute atomic E-state index is 0.0487. The van der Waals surface area contributed by atoms with Crippen molar-refractivity contribution in [1.29, 1.82) is 0 Å². The Kier molecular flexibility index (Phi) is 5.74. The van der Waals surface area contributed by atoms with Crippen LogP contribution in [0.1, 0.15) is 32.6 Å². The van der Waals surface area contributed by atoms with Crippen LogP contribution < -0.4 is 11.1 Å². The molecule has 1 amide bonds. The number of nitrogens with two attached hydrogens (primary N) is 1. The molecule has 2 rings (SSSR count). The fourth-order valence-electron chi connectivity index (χ4n) is 2.57. The molecule has 0 saturated heterocycles. The summed E-state index contributed by atoms with van der Waals surface area (Å²) in [6.07, 6.45) is 2.03. The number of fused-ring (bicyclic) bond motifs is 1. The zero-order valence-corrected chi connectivity index (χ0v) is 14.0. The van der Waals surface area contributed by atoms with Gasteiger partial charge in [0.2, 0.25) is 5.91 Å². The zero-order valence-electron chi connectivity index (χ0n) is 14.0. The van der Waals surface area contributed by atoms with Gasteiger partial charge in [0.05, 0.1) is 12.0 Å². The van der Waals surface area contributed by atoms with Crippen molar-refractivity contribution in [2.75, 3.05) is 25.6 Å². The standard InChI is InChI=1S/C17H25N3O3/c1-4-17(5-2,11-18)16(21)19-12-6-7-14-13(10-12)20-15(23-14)8-9-22-3/h6-7,10H,4-5,8-9,11,18H2,1-3H3,(H,19,21). The molecule has 0 saturated carbocycles. The lowest BCUT2D eigenvalue weighted by molar-refractivity contribution is -0.125. The minimum atomic E-state index is -0.525. The largest absolute Gasteiger partial charge is 0.441 e. The third-order valence-electron chi connectivity index (χ3n) is 4.44. The average Bonchev–Trinajstić information content (AvgIpc) is 2.97. The lowest BCUT2D eigenvalue weighted by Crippen LogP contribution is -2.41. The van der Waals surface area contributed by atoms with E-state index in [1.165, 1.54) is 0 Å². The van der Waals surface area contributed by atoms with Crippen molar-refractivity contribution >= 4 is 22.7 Å². The van der Waals surface area contributed by atoms with Crippen LogP contribution in [0, 0.1) is 5.41 Å². The molecule has 0 aliphatic heterocycles. The van der Waals surface area contributed by atoms with E-state index in [4.69, 9.17) is 14.9 Å². The molecular weight excluding hydrogens is 294 g/mol. The first-order chi connectivity index (χ1) is 11.1. The van der Waals surface area contributed by atoms with Gasteiger partial charge in [-0.05, 0) is 31.0 Å². The number of benzene rings is 1. The van der Waals surface area contributed by atoms with Crippen LogP contribution in [0.5, 0.6) is 0 Å². The summed E-state index contributed by atoms with van der Waals surface area (Å²) in [5.74, 6) is 0.580. The topological polar surface area (TPSA) is 90.4 Å². The van der Waals surface area contributed by atoms with Gasteiger partial charge < -0.3 is 20.2 Å². The average molecular weight is 319 g/mol. The van der Waals surface area contributed by atoms with E-state index in [1.54, 1.807) is 7.11 Å². The Bertz CT molecular complexity index is 654. The van der Waals surface area contributed by atoms with E-state index in [1.807, 2.05) is 32.0 Å². The van der Waals surface area contributed by atoms with Gasteiger partial charge in [0.1, 0.15) is 5.52 Å². The summed E-state index contributed by atoms with van der Waals surface area (Å²) < 4.78 is 10.7. The molecule has 3 N–H and O–H groups in total. The fraction of sp³-hybridized carbons (Fsp3) is 0.529. The molecule has 2 aromatic rings. The first kappa shape index (κ1) is 17.4.